The van der Waals surface area contributed by atoms with Crippen LogP contribution in [0.5, 0.6) is 0 Å². The van der Waals surface area contributed by atoms with Crippen LogP contribution in [0.1, 0.15) is 20.3 Å². The van der Waals surface area contributed by atoms with Crippen LogP contribution in [0.3, 0.4) is 0 Å². The van der Waals surface area contributed by atoms with Gasteiger partial charge >= 0.3 is 0 Å². The Morgan fingerprint density at radius 2 is 2.30 bits per heavy atom. The van der Waals surface area contributed by atoms with Gasteiger partial charge in [0.05, 0.1) is 6.61 Å². The second-order valence-corrected chi connectivity index (χ2v) is 2.27. The van der Waals surface area contributed by atoms with Crippen LogP contribution in [-0.4, -0.2) is 23.1 Å². The van der Waals surface area contributed by atoms with Crippen molar-refractivity contribution in [1.82, 2.24) is 0 Å². The average Bonchev–Trinajstić information content (AvgIpc) is 1.99. The fourth-order valence-electron chi connectivity index (χ4n) is 0.504. The Kier molecular flexibility index (Phi) is 5.12. The molecule has 1 unspecified atom stereocenters. The summed E-state index contributed by atoms with van der Waals surface area (Å²) in [5.74, 6) is 0.201. The number of ether oxygens (including phenoxy) is 1. The van der Waals surface area contributed by atoms with E-state index in [4.69, 9.17) is 21.5 Å². The molecule has 60 valence electrons. The Hall–Kier alpha value is -0.440. The van der Waals surface area contributed by atoms with Crippen LogP contribution in [0.2, 0.25) is 0 Å². The van der Waals surface area contributed by atoms with Crippen LogP contribution < -0.4 is 0 Å². The first-order valence-corrected chi connectivity index (χ1v) is 3.68. The molecule has 0 bridgehead atoms. The lowest BCUT2D eigenvalue weighted by Gasteiger charge is -2.07. The van der Waals surface area contributed by atoms with Crippen LogP contribution in [0, 0.1) is 0 Å². The minimum Gasteiger partial charge on any atom is -0.478 e. The third-order valence-corrected chi connectivity index (χ3v) is 1.51. The first-order chi connectivity index (χ1) is 4.76. The molecule has 1 N–H and O–H groups in total. The quantitative estimate of drug-likeness (QED) is 0.228. The van der Waals surface area contributed by atoms with Crippen molar-refractivity contribution >= 4 is 17.5 Å². The molecule has 0 aromatic heterocycles. The van der Waals surface area contributed by atoms with E-state index in [1.54, 1.807) is 0 Å². The van der Waals surface area contributed by atoms with Gasteiger partial charge in [0.1, 0.15) is 5.38 Å². The molecule has 0 aliphatic heterocycles. The second kappa shape index (κ2) is 5.35. The summed E-state index contributed by atoms with van der Waals surface area (Å²) in [4.78, 5) is 0. The highest BCUT2D eigenvalue weighted by Gasteiger charge is 2.11. The number of alkyl halides is 1. The Bertz CT molecular complexity index is 116. The number of halogens is 1. The normalized spacial score (nSPS) is 14.9. The summed E-state index contributed by atoms with van der Waals surface area (Å²) < 4.78 is 4.91. The third kappa shape index (κ3) is 2.92. The van der Waals surface area contributed by atoms with Gasteiger partial charge in [-0.15, -0.1) is 11.6 Å². The van der Waals surface area contributed by atoms with Crippen LogP contribution in [0.4, 0.5) is 0 Å². The Morgan fingerprint density at radius 1 is 1.70 bits per heavy atom. The van der Waals surface area contributed by atoms with E-state index >= 15 is 0 Å². The second-order valence-electron chi connectivity index (χ2n) is 1.75. The zero-order valence-corrected chi connectivity index (χ0v) is 6.93. The molecule has 0 aliphatic rings. The fraction of sp³-hybridized carbons (Fsp3) is 0.833. The summed E-state index contributed by atoms with van der Waals surface area (Å²) >= 11 is 5.69. The van der Waals surface area contributed by atoms with Crippen molar-refractivity contribution in [2.75, 3.05) is 6.61 Å². The Morgan fingerprint density at radius 3 is 2.60 bits per heavy atom. The number of hydrogen-bond acceptors (Lipinski definition) is 3. The van der Waals surface area contributed by atoms with E-state index in [0.717, 1.165) is 0 Å². The zero-order chi connectivity index (χ0) is 7.98. The van der Waals surface area contributed by atoms with E-state index in [0.29, 0.717) is 13.0 Å². The third-order valence-electron chi connectivity index (χ3n) is 1.02. The number of oxime groups is 1. The molecule has 0 heterocycles. The molecule has 0 aliphatic carbocycles. The minimum atomic E-state index is -0.315. The standard InChI is InChI=1S/C6H12ClNO2/c1-3-5(7)6(8-9)10-4-2/h5,9H,3-4H2,1-2H3/b8-6+. The fourth-order valence-corrected chi connectivity index (χ4v) is 0.611. The highest BCUT2D eigenvalue weighted by atomic mass is 35.5. The van der Waals surface area contributed by atoms with Crippen molar-refractivity contribution in [1.29, 1.82) is 0 Å². The maximum Gasteiger partial charge on any atom is 0.243 e. The molecule has 1 atom stereocenters. The van der Waals surface area contributed by atoms with Gasteiger partial charge in [-0.1, -0.05) is 12.1 Å². The van der Waals surface area contributed by atoms with E-state index in [1.165, 1.54) is 0 Å². The lowest BCUT2D eigenvalue weighted by atomic mass is 10.3. The lowest BCUT2D eigenvalue weighted by molar-refractivity contribution is 0.258. The summed E-state index contributed by atoms with van der Waals surface area (Å²) in [6.07, 6.45) is 0.695. The van der Waals surface area contributed by atoms with Crippen molar-refractivity contribution < 1.29 is 9.94 Å². The maximum absolute atomic E-state index is 8.34. The van der Waals surface area contributed by atoms with Gasteiger partial charge in [0.15, 0.2) is 0 Å². The largest absolute Gasteiger partial charge is 0.478 e. The van der Waals surface area contributed by atoms with Gasteiger partial charge in [-0.05, 0) is 13.3 Å². The number of rotatable bonds is 3. The predicted molar refractivity (Wildman–Crippen MR) is 40.8 cm³/mol. The number of hydrogen-bond donors (Lipinski definition) is 1. The SMILES string of the molecule is CCO/C(=N/O)C(Cl)CC. The highest BCUT2D eigenvalue weighted by molar-refractivity contribution is 6.30. The van der Waals surface area contributed by atoms with E-state index in [1.807, 2.05) is 13.8 Å². The summed E-state index contributed by atoms with van der Waals surface area (Å²) in [6.45, 7) is 4.18. The van der Waals surface area contributed by atoms with Crippen molar-refractivity contribution in [3.8, 4) is 0 Å². The average molecular weight is 166 g/mol. The van der Waals surface area contributed by atoms with Crippen LogP contribution in [-0.2, 0) is 4.74 Å². The summed E-state index contributed by atoms with van der Waals surface area (Å²) in [5, 5.41) is 10.9. The van der Waals surface area contributed by atoms with Gasteiger partial charge in [0.25, 0.3) is 0 Å². The molecule has 0 radical (unpaired) electrons. The first kappa shape index (κ1) is 9.56. The topological polar surface area (TPSA) is 41.8 Å². The molecule has 3 nitrogen and oxygen atoms in total. The first-order valence-electron chi connectivity index (χ1n) is 3.25. The highest BCUT2D eigenvalue weighted by Crippen LogP contribution is 2.04. The summed E-state index contributed by atoms with van der Waals surface area (Å²) in [6, 6.07) is 0. The van der Waals surface area contributed by atoms with Crippen molar-refractivity contribution in [3.63, 3.8) is 0 Å². The van der Waals surface area contributed by atoms with E-state index in [-0.39, 0.29) is 11.3 Å². The van der Waals surface area contributed by atoms with Gasteiger partial charge < -0.3 is 9.94 Å². The van der Waals surface area contributed by atoms with E-state index in [9.17, 15) is 0 Å². The van der Waals surface area contributed by atoms with Gasteiger partial charge in [-0.25, -0.2) is 0 Å². The van der Waals surface area contributed by atoms with Crippen molar-refractivity contribution in [3.05, 3.63) is 0 Å². The van der Waals surface area contributed by atoms with Crippen molar-refractivity contribution in [2.45, 2.75) is 25.6 Å². The van der Waals surface area contributed by atoms with Gasteiger partial charge in [-0.3, -0.25) is 0 Å². The van der Waals surface area contributed by atoms with Crippen LogP contribution in [0.15, 0.2) is 5.16 Å². The molecule has 4 heteroatoms. The number of nitrogens with zero attached hydrogens (tertiary/aromatic N) is 1. The monoisotopic (exact) mass is 165 g/mol. The molecule has 0 fully saturated rings. The molecule has 0 aromatic carbocycles. The van der Waals surface area contributed by atoms with E-state index in [2.05, 4.69) is 5.16 Å². The van der Waals surface area contributed by atoms with Crippen LogP contribution >= 0.6 is 11.6 Å². The molecule has 0 saturated heterocycles. The van der Waals surface area contributed by atoms with E-state index < -0.39 is 0 Å². The zero-order valence-electron chi connectivity index (χ0n) is 6.17. The molecular weight excluding hydrogens is 154 g/mol. The van der Waals surface area contributed by atoms with Gasteiger partial charge in [-0.2, -0.15) is 0 Å². The Labute approximate surface area is 65.6 Å². The molecule has 0 rings (SSSR count). The molecule has 0 saturated carbocycles. The molecule has 0 aromatic rings. The maximum atomic E-state index is 8.34. The predicted octanol–water partition coefficient (Wildman–Crippen LogP) is 1.83. The smallest absolute Gasteiger partial charge is 0.243 e. The molecular formula is C6H12ClNO2. The Balaban J connectivity index is 3.82. The minimum absolute atomic E-state index is 0.201. The lowest BCUT2D eigenvalue weighted by Crippen LogP contribution is -2.17. The van der Waals surface area contributed by atoms with Crippen LogP contribution in [0.25, 0.3) is 0 Å². The van der Waals surface area contributed by atoms with Gasteiger partial charge in [0.2, 0.25) is 5.90 Å². The molecule has 10 heavy (non-hydrogen) atoms. The molecule has 0 amide bonds. The van der Waals surface area contributed by atoms with Gasteiger partial charge in [0, 0.05) is 0 Å². The molecule has 0 spiro atoms. The summed E-state index contributed by atoms with van der Waals surface area (Å²) in [5.41, 5.74) is 0. The summed E-state index contributed by atoms with van der Waals surface area (Å²) in [7, 11) is 0. The van der Waals surface area contributed by atoms with Crippen molar-refractivity contribution in [2.24, 2.45) is 5.16 Å².